The number of aromatic nitrogens is 12. The summed E-state index contributed by atoms with van der Waals surface area (Å²) < 4.78 is 5.78. The summed E-state index contributed by atoms with van der Waals surface area (Å²) in [6.07, 6.45) is 9.69. The topological polar surface area (TPSA) is 342 Å². The van der Waals surface area contributed by atoms with Crippen LogP contribution < -0.4 is 42.0 Å². The molecule has 0 spiro atoms. The molecule has 7 aromatic carbocycles. The minimum atomic E-state index is -0.509. The first-order valence-electron chi connectivity index (χ1n) is 30.9. The molecule has 0 atom stereocenters. The van der Waals surface area contributed by atoms with Gasteiger partial charge in [-0.05, 0) is 139 Å². The number of rotatable bonds is 19. The number of amides is 8. The minimum Gasteiger partial charge on any atom is -0.457 e. The van der Waals surface area contributed by atoms with E-state index in [4.69, 9.17) is 4.74 Å². The quantitative estimate of drug-likeness (QED) is 0.0204. The number of benzene rings is 7. The van der Waals surface area contributed by atoms with Crippen molar-refractivity contribution in [3.63, 3.8) is 0 Å². The van der Waals surface area contributed by atoms with E-state index in [1.807, 2.05) is 135 Å². The maximum atomic E-state index is 12.8. The first-order chi connectivity index (χ1) is 48.1. The fraction of sp³-hybridized carbons (Fsp3) is 0.127. The van der Waals surface area contributed by atoms with Crippen LogP contribution in [0.1, 0.15) is 82.1 Å². The summed E-state index contributed by atoms with van der Waals surface area (Å²) >= 11 is 4.74. The van der Waals surface area contributed by atoms with Crippen LogP contribution in [-0.2, 0) is 22.8 Å². The third-order valence-corrected chi connectivity index (χ3v) is 18.3. The van der Waals surface area contributed by atoms with Gasteiger partial charge in [0.1, 0.15) is 45.6 Å². The SMILES string of the molecule is CC(C)c1cccc(C(C)(C)NC(=O)Nc2cccc(CSc3ncnc4[nH]ncc34)c2)c1.O=C(Nc1ccc(Oc2ccccc2)cc1)Nc1cccc(CSc2ncnc3[nH]ncc23)c1.O=C(Nc1cccc(CSc2ncnc3[nH]ncc23)c1)Nc1ccc2c(c1)C(=O)NC2=O. The highest BCUT2D eigenvalue weighted by molar-refractivity contribution is 7.99. The molecule has 0 saturated carbocycles. The van der Waals surface area contributed by atoms with Crippen molar-refractivity contribution in [1.29, 1.82) is 0 Å². The van der Waals surface area contributed by atoms with E-state index < -0.39 is 23.4 Å². The molecule has 7 heterocycles. The lowest BCUT2D eigenvalue weighted by molar-refractivity contribution is 0.0879. The zero-order chi connectivity index (χ0) is 68.7. The average molecular weight is 1370 g/mol. The number of imide groups is 1. The van der Waals surface area contributed by atoms with Gasteiger partial charge in [0.2, 0.25) is 0 Å². The molecule has 99 heavy (non-hydrogen) atoms. The lowest BCUT2D eigenvalue weighted by Gasteiger charge is -2.28. The Balaban J connectivity index is 0.000000141. The summed E-state index contributed by atoms with van der Waals surface area (Å²) in [6, 6.07) is 51.7. The summed E-state index contributed by atoms with van der Waals surface area (Å²) in [5, 5.41) is 45.2. The Morgan fingerprint density at radius 1 is 0.444 bits per heavy atom. The Bertz CT molecular complexity index is 5050. The van der Waals surface area contributed by atoms with Crippen molar-refractivity contribution < 1.29 is 28.7 Å². The van der Waals surface area contributed by atoms with Crippen LogP contribution in [0.5, 0.6) is 11.5 Å². The standard InChI is InChI=1S/C25H20N6O2S.C25H28N6OS.C21H15N7O3S/c32-25(29-18-9-11-21(12-10-18)33-20-7-2-1-3-8-20)30-19-6-4-5-17(13-19)15-34-24-22-14-28-31-23(22)26-16-27-24;1-16(2)18-8-6-9-19(12-18)25(3,4)30-24(32)29-20-10-5-7-17(11-20)14-33-23-21-13-28-31-22(21)26-15-27-23;29-18-14-5-4-13(7-15(14)19(30)27-18)26-21(31)25-12-3-1-2-11(6-12)9-32-20-16-8-24-28-17(16)22-10-23-20/h1-14,16H,15H2,(H2,29,30,32)(H,26,27,28,31);5-13,15-16H,14H2,1-4H3,(H2,29,30,32)(H,26,27,28,31);1-8,10H,9H2,(H2,25,26,31)(H,27,29,30)(H,22,23,24,28). The van der Waals surface area contributed by atoms with Crippen LogP contribution >= 0.6 is 35.3 Å². The number of urea groups is 3. The molecule has 13 aromatic rings. The molecule has 25 nitrogen and oxygen atoms in total. The first-order valence-corrected chi connectivity index (χ1v) is 33.8. The van der Waals surface area contributed by atoms with Crippen molar-refractivity contribution in [2.24, 2.45) is 0 Å². The van der Waals surface area contributed by atoms with E-state index >= 15 is 0 Å². The van der Waals surface area contributed by atoms with Crippen LogP contribution in [0.4, 0.5) is 42.8 Å². The predicted molar refractivity (Wildman–Crippen MR) is 385 cm³/mol. The molecule has 8 amide bonds. The zero-order valence-corrected chi connectivity index (χ0v) is 56.0. The number of H-pyrrole nitrogens is 3. The second-order valence-corrected chi connectivity index (χ2v) is 25.9. The largest absolute Gasteiger partial charge is 0.457 e. The maximum Gasteiger partial charge on any atom is 0.323 e. The van der Waals surface area contributed by atoms with Crippen LogP contribution in [-0.4, -0.2) is 90.4 Å². The van der Waals surface area contributed by atoms with E-state index in [0.717, 1.165) is 70.6 Å². The van der Waals surface area contributed by atoms with Gasteiger partial charge in [0.15, 0.2) is 16.9 Å². The Hall–Kier alpha value is -12.0. The highest BCUT2D eigenvalue weighted by atomic mass is 32.2. The van der Waals surface area contributed by atoms with Gasteiger partial charge in [-0.2, -0.15) is 15.3 Å². The number of aromatic amines is 3. The number of carbonyl (C=O) groups excluding carboxylic acids is 5. The molecule has 0 aliphatic carbocycles. The Morgan fingerprint density at radius 3 is 1.35 bits per heavy atom. The lowest BCUT2D eigenvalue weighted by atomic mass is 9.90. The molecule has 14 rings (SSSR count). The van der Waals surface area contributed by atoms with E-state index in [0.29, 0.717) is 68.5 Å². The van der Waals surface area contributed by atoms with Gasteiger partial charge in [0.05, 0.1) is 51.4 Å². The van der Waals surface area contributed by atoms with Gasteiger partial charge in [-0.3, -0.25) is 30.2 Å². The number of fused-ring (bicyclic) bond motifs is 4. The number of para-hydroxylation sites is 1. The van der Waals surface area contributed by atoms with Gasteiger partial charge in [-0.15, -0.1) is 35.3 Å². The highest BCUT2D eigenvalue weighted by Gasteiger charge is 2.27. The number of ether oxygens (including phenoxy) is 1. The third kappa shape index (κ3) is 17.7. The zero-order valence-electron chi connectivity index (χ0n) is 53.5. The van der Waals surface area contributed by atoms with E-state index in [9.17, 15) is 24.0 Å². The van der Waals surface area contributed by atoms with E-state index in [-0.39, 0.29) is 17.6 Å². The van der Waals surface area contributed by atoms with E-state index in [1.165, 1.54) is 36.7 Å². The fourth-order valence-corrected chi connectivity index (χ4v) is 12.8. The molecular weight excluding hydrogens is 1310 g/mol. The summed E-state index contributed by atoms with van der Waals surface area (Å²) in [4.78, 5) is 86.6. The molecule has 1 aliphatic rings. The molecule has 496 valence electrons. The van der Waals surface area contributed by atoms with E-state index in [1.54, 1.807) is 78.1 Å². The van der Waals surface area contributed by atoms with Crippen molar-refractivity contribution >= 4 is 127 Å². The molecule has 1 aliphatic heterocycles. The summed E-state index contributed by atoms with van der Waals surface area (Å²) in [6.45, 7) is 8.36. The van der Waals surface area contributed by atoms with Crippen LogP contribution in [0.15, 0.2) is 223 Å². The Labute approximate surface area is 579 Å². The van der Waals surface area contributed by atoms with Crippen molar-refractivity contribution in [1.82, 2.24) is 71.1 Å². The van der Waals surface area contributed by atoms with Gasteiger partial charge in [0.25, 0.3) is 11.8 Å². The molecule has 0 saturated heterocycles. The number of thioether (sulfide) groups is 3. The van der Waals surface area contributed by atoms with E-state index in [2.05, 4.69) is 124 Å². The minimum absolute atomic E-state index is 0.239. The number of nitrogens with one attached hydrogen (secondary N) is 10. The van der Waals surface area contributed by atoms with Crippen molar-refractivity contribution in [2.45, 2.75) is 71.5 Å². The lowest BCUT2D eigenvalue weighted by Crippen LogP contribution is -2.43. The fourth-order valence-electron chi connectivity index (χ4n) is 10.1. The van der Waals surface area contributed by atoms with Crippen LogP contribution in [0.3, 0.4) is 0 Å². The van der Waals surface area contributed by atoms with Gasteiger partial charge >= 0.3 is 18.1 Å². The summed E-state index contributed by atoms with van der Waals surface area (Å²) in [5.41, 5.74) is 10.7. The number of hydrogen-bond acceptors (Lipinski definition) is 18. The molecule has 0 fully saturated rings. The molecule has 0 radical (unpaired) electrons. The smallest absolute Gasteiger partial charge is 0.323 e. The van der Waals surface area contributed by atoms with Gasteiger partial charge < -0.3 is 36.6 Å². The molecule has 0 bridgehead atoms. The van der Waals surface area contributed by atoms with Gasteiger partial charge in [-0.1, -0.05) is 92.7 Å². The number of carbonyl (C=O) groups is 5. The summed E-state index contributed by atoms with van der Waals surface area (Å²) in [5.74, 6) is 3.01. The second-order valence-electron chi connectivity index (χ2n) is 23.0. The third-order valence-electron chi connectivity index (χ3n) is 15.1. The van der Waals surface area contributed by atoms with Crippen molar-refractivity contribution in [3.05, 3.63) is 246 Å². The monoisotopic (exact) mass is 1370 g/mol. The molecule has 6 aromatic heterocycles. The molecule has 10 N–H and O–H groups in total. The van der Waals surface area contributed by atoms with Gasteiger partial charge in [0, 0.05) is 45.7 Å². The van der Waals surface area contributed by atoms with Crippen molar-refractivity contribution in [3.8, 4) is 11.5 Å². The number of anilines is 5. The van der Waals surface area contributed by atoms with Crippen LogP contribution in [0.25, 0.3) is 33.1 Å². The van der Waals surface area contributed by atoms with Crippen molar-refractivity contribution in [2.75, 3.05) is 26.6 Å². The van der Waals surface area contributed by atoms with Crippen LogP contribution in [0.2, 0.25) is 0 Å². The Kier molecular flexibility index (Phi) is 21.1. The Morgan fingerprint density at radius 2 is 0.869 bits per heavy atom. The average Bonchev–Trinajstić information content (AvgIpc) is 1.59. The van der Waals surface area contributed by atoms with Crippen LogP contribution in [0, 0.1) is 0 Å². The molecule has 0 unspecified atom stereocenters. The molecule has 28 heteroatoms. The predicted octanol–water partition coefficient (Wildman–Crippen LogP) is 15.1. The first kappa shape index (κ1) is 67.0. The maximum absolute atomic E-state index is 12.8. The normalized spacial score (nSPS) is 11.6. The number of hydrogen-bond donors (Lipinski definition) is 10. The van der Waals surface area contributed by atoms with Gasteiger partial charge in [-0.25, -0.2) is 44.3 Å². The highest BCUT2D eigenvalue weighted by Crippen LogP contribution is 2.32. The number of nitrogens with zero attached hydrogens (tertiary/aromatic N) is 9. The summed E-state index contributed by atoms with van der Waals surface area (Å²) in [7, 11) is 0. The molecular formula is C71H63N19O6S3. The second kappa shape index (κ2) is 31.2.